The number of carbonyl (C=O) groups excluding carboxylic acids is 2. The third kappa shape index (κ3) is 4.97. The van der Waals surface area contributed by atoms with Gasteiger partial charge < -0.3 is 25.6 Å². The average Bonchev–Trinajstić information content (AvgIpc) is 3.32. The predicted octanol–water partition coefficient (Wildman–Crippen LogP) is 3.23. The summed E-state index contributed by atoms with van der Waals surface area (Å²) < 4.78 is 21.1. The van der Waals surface area contributed by atoms with Gasteiger partial charge in [0.25, 0.3) is 11.8 Å². The zero-order valence-electron chi connectivity index (χ0n) is 19.3. The Morgan fingerprint density at radius 3 is 2.53 bits per heavy atom. The van der Waals surface area contributed by atoms with E-state index >= 15 is 0 Å². The molecule has 9 nitrogen and oxygen atoms in total. The summed E-state index contributed by atoms with van der Waals surface area (Å²) in [5, 5.41) is 25.2. The first-order valence-corrected chi connectivity index (χ1v) is 10.9. The fraction of sp³-hybridized carbons (Fsp3) is 0.115. The van der Waals surface area contributed by atoms with Gasteiger partial charge in [0.1, 0.15) is 28.8 Å². The molecule has 2 amide bonds. The Morgan fingerprint density at radius 2 is 1.78 bits per heavy atom. The maximum Gasteiger partial charge on any atom is 0.257 e. The van der Waals surface area contributed by atoms with Crippen molar-refractivity contribution in [1.82, 2.24) is 14.7 Å². The van der Waals surface area contributed by atoms with Crippen LogP contribution in [0, 0.1) is 5.82 Å². The highest BCUT2D eigenvalue weighted by Gasteiger charge is 2.22. The Labute approximate surface area is 205 Å². The molecule has 0 saturated heterocycles. The van der Waals surface area contributed by atoms with Crippen molar-refractivity contribution in [1.29, 1.82) is 0 Å². The minimum Gasteiger partial charge on any atom is -0.507 e. The number of aromatic hydroxyl groups is 2. The lowest BCUT2D eigenvalue weighted by atomic mass is 10.0. The molecule has 1 heterocycles. The average molecular weight is 490 g/mol. The number of phenolic OH excluding ortho intramolecular Hbond substituents is 2. The fourth-order valence-corrected chi connectivity index (χ4v) is 3.73. The first kappa shape index (κ1) is 24.3. The Balaban J connectivity index is 1.66. The van der Waals surface area contributed by atoms with E-state index in [1.807, 2.05) is 0 Å². The molecule has 0 radical (unpaired) electrons. The first-order valence-electron chi connectivity index (χ1n) is 10.9. The number of ether oxygens (including phenoxy) is 1. The molecule has 10 heteroatoms. The van der Waals surface area contributed by atoms with Crippen LogP contribution in [0.2, 0.25) is 0 Å². The molecule has 4 rings (SSSR count). The standard InChI is InChI=1S/C26H23FN4O5/c1-30(14-16-6-2-5-9-24(16)36-15-25(28)34)26(35)18-12-17(22(32)13-23(18)33)20-10-11-29-31(20)21-8-4-3-7-19(21)27/h2-13,32-33H,14-15H2,1H3,(H2,28,34). The van der Waals surface area contributed by atoms with Crippen molar-refractivity contribution < 1.29 is 28.9 Å². The highest BCUT2D eigenvalue weighted by Crippen LogP contribution is 2.36. The molecule has 36 heavy (non-hydrogen) atoms. The van der Waals surface area contributed by atoms with Crippen molar-refractivity contribution in [3.05, 3.63) is 89.9 Å². The van der Waals surface area contributed by atoms with Crippen LogP contribution in [0.15, 0.2) is 72.9 Å². The van der Waals surface area contributed by atoms with Crippen LogP contribution in [0.3, 0.4) is 0 Å². The largest absolute Gasteiger partial charge is 0.507 e. The number of carbonyl (C=O) groups is 2. The van der Waals surface area contributed by atoms with Crippen LogP contribution in [0.1, 0.15) is 15.9 Å². The summed E-state index contributed by atoms with van der Waals surface area (Å²) in [6, 6.07) is 16.8. The van der Waals surface area contributed by atoms with E-state index in [-0.39, 0.29) is 35.7 Å². The normalized spacial score (nSPS) is 10.7. The van der Waals surface area contributed by atoms with Crippen LogP contribution in [-0.4, -0.2) is 50.4 Å². The Kier molecular flexibility index (Phi) is 6.86. The van der Waals surface area contributed by atoms with Crippen molar-refractivity contribution >= 4 is 11.8 Å². The lowest BCUT2D eigenvalue weighted by Gasteiger charge is -2.20. The van der Waals surface area contributed by atoms with Gasteiger partial charge >= 0.3 is 0 Å². The molecule has 0 atom stereocenters. The summed E-state index contributed by atoms with van der Waals surface area (Å²) >= 11 is 0. The molecule has 4 aromatic rings. The Morgan fingerprint density at radius 1 is 1.06 bits per heavy atom. The second-order valence-electron chi connectivity index (χ2n) is 7.99. The molecule has 1 aromatic heterocycles. The topological polar surface area (TPSA) is 131 Å². The molecule has 0 aliphatic carbocycles. The second-order valence-corrected chi connectivity index (χ2v) is 7.99. The quantitative estimate of drug-likeness (QED) is 0.348. The van der Waals surface area contributed by atoms with Gasteiger partial charge in [-0.1, -0.05) is 30.3 Å². The van der Waals surface area contributed by atoms with Crippen molar-refractivity contribution in [2.45, 2.75) is 6.54 Å². The zero-order valence-corrected chi connectivity index (χ0v) is 19.3. The number of hydrogen-bond donors (Lipinski definition) is 3. The van der Waals surface area contributed by atoms with E-state index in [4.69, 9.17) is 10.5 Å². The van der Waals surface area contributed by atoms with Gasteiger partial charge in [0, 0.05) is 30.8 Å². The van der Waals surface area contributed by atoms with Crippen LogP contribution in [0.4, 0.5) is 4.39 Å². The lowest BCUT2D eigenvalue weighted by Crippen LogP contribution is -2.27. The summed E-state index contributed by atoms with van der Waals surface area (Å²) in [6.45, 7) is -0.219. The highest BCUT2D eigenvalue weighted by molar-refractivity contribution is 5.98. The number of rotatable bonds is 8. The maximum absolute atomic E-state index is 14.4. The van der Waals surface area contributed by atoms with Gasteiger partial charge in [-0.15, -0.1) is 0 Å². The van der Waals surface area contributed by atoms with Crippen molar-refractivity contribution in [3.63, 3.8) is 0 Å². The van der Waals surface area contributed by atoms with Crippen LogP contribution >= 0.6 is 0 Å². The third-order valence-electron chi connectivity index (χ3n) is 5.44. The molecule has 0 aliphatic rings. The fourth-order valence-electron chi connectivity index (χ4n) is 3.73. The van der Waals surface area contributed by atoms with Crippen LogP contribution < -0.4 is 10.5 Å². The van der Waals surface area contributed by atoms with E-state index in [2.05, 4.69) is 5.10 Å². The molecule has 0 saturated carbocycles. The van der Waals surface area contributed by atoms with Gasteiger partial charge in [-0.3, -0.25) is 9.59 Å². The minimum absolute atomic E-state index is 0.0814. The predicted molar refractivity (Wildman–Crippen MR) is 129 cm³/mol. The smallest absolute Gasteiger partial charge is 0.257 e. The number of nitrogens with two attached hydrogens (primary N) is 1. The summed E-state index contributed by atoms with van der Waals surface area (Å²) in [5.74, 6) is -2.05. The summed E-state index contributed by atoms with van der Waals surface area (Å²) in [6.07, 6.45) is 1.44. The second kappa shape index (κ2) is 10.2. The van der Waals surface area contributed by atoms with Crippen LogP contribution in [0.5, 0.6) is 17.2 Å². The van der Waals surface area contributed by atoms with Gasteiger partial charge in [-0.05, 0) is 30.3 Å². The number of aromatic nitrogens is 2. The number of halogens is 1. The van der Waals surface area contributed by atoms with Crippen molar-refractivity contribution in [3.8, 4) is 34.2 Å². The van der Waals surface area contributed by atoms with E-state index in [9.17, 15) is 24.2 Å². The molecular weight excluding hydrogens is 467 g/mol. The number of para-hydroxylation sites is 2. The van der Waals surface area contributed by atoms with Gasteiger partial charge in [0.15, 0.2) is 6.61 Å². The minimum atomic E-state index is -0.634. The van der Waals surface area contributed by atoms with Gasteiger partial charge in [0.05, 0.1) is 17.5 Å². The molecule has 0 unspecified atom stereocenters. The van der Waals surface area contributed by atoms with E-state index in [0.717, 1.165) is 6.07 Å². The highest BCUT2D eigenvalue weighted by atomic mass is 19.1. The summed E-state index contributed by atoms with van der Waals surface area (Å²) in [4.78, 5) is 25.7. The van der Waals surface area contributed by atoms with E-state index in [0.29, 0.717) is 17.0 Å². The molecule has 3 aromatic carbocycles. The monoisotopic (exact) mass is 490 g/mol. The molecule has 184 valence electrons. The number of phenols is 2. The molecule has 0 fully saturated rings. The Hall–Kier alpha value is -4.86. The molecular formula is C26H23FN4O5. The van der Waals surface area contributed by atoms with Crippen LogP contribution in [0.25, 0.3) is 16.9 Å². The molecule has 0 aliphatic heterocycles. The van der Waals surface area contributed by atoms with Crippen LogP contribution in [-0.2, 0) is 11.3 Å². The zero-order chi connectivity index (χ0) is 25.8. The Bertz CT molecular complexity index is 1440. The van der Waals surface area contributed by atoms with Gasteiger partial charge in [0.2, 0.25) is 0 Å². The third-order valence-corrected chi connectivity index (χ3v) is 5.44. The number of nitrogens with zero attached hydrogens (tertiary/aromatic N) is 3. The van der Waals surface area contributed by atoms with Gasteiger partial charge in [-0.25, -0.2) is 9.07 Å². The number of hydrogen-bond acceptors (Lipinski definition) is 6. The van der Waals surface area contributed by atoms with E-state index in [1.54, 1.807) is 42.5 Å². The summed E-state index contributed by atoms with van der Waals surface area (Å²) in [5.41, 5.74) is 6.34. The van der Waals surface area contributed by atoms with E-state index in [1.165, 1.54) is 41.0 Å². The lowest BCUT2D eigenvalue weighted by molar-refractivity contribution is -0.119. The number of primary amides is 1. The molecule has 0 bridgehead atoms. The van der Waals surface area contributed by atoms with Crippen molar-refractivity contribution in [2.75, 3.05) is 13.7 Å². The van der Waals surface area contributed by atoms with Crippen molar-refractivity contribution in [2.24, 2.45) is 5.73 Å². The summed E-state index contributed by atoms with van der Waals surface area (Å²) in [7, 11) is 1.53. The van der Waals surface area contributed by atoms with E-state index < -0.39 is 23.4 Å². The SMILES string of the molecule is CN(Cc1ccccc1OCC(N)=O)C(=O)c1cc(-c2ccnn2-c2ccccc2F)c(O)cc1O. The van der Waals surface area contributed by atoms with Gasteiger partial charge in [-0.2, -0.15) is 5.10 Å². The number of amides is 2. The first-order chi connectivity index (χ1) is 17.3. The maximum atomic E-state index is 14.4. The molecule has 4 N–H and O–H groups in total. The molecule has 0 spiro atoms. The number of benzene rings is 3.